The molecule has 0 saturated heterocycles. The van der Waals surface area contributed by atoms with Crippen molar-refractivity contribution in [3.05, 3.63) is 9.81 Å². The fraction of sp³-hybridized carbons (Fsp3) is 0.700. The molecule has 0 heterocycles. The Kier molecular flexibility index (Phi) is 8.91. The van der Waals surface area contributed by atoms with Gasteiger partial charge in [-0.25, -0.2) is 0 Å². The summed E-state index contributed by atoms with van der Waals surface area (Å²) in [7, 11) is -3.65. The van der Waals surface area contributed by atoms with E-state index in [1.54, 1.807) is 20.8 Å². The van der Waals surface area contributed by atoms with Crippen LogP contribution in [-0.2, 0) is 23.1 Å². The molecule has 0 aromatic rings. The van der Waals surface area contributed by atoms with E-state index in [4.69, 9.17) is 37.0 Å². The van der Waals surface area contributed by atoms with E-state index in [9.17, 15) is 9.36 Å². The number of halogens is 2. The van der Waals surface area contributed by atoms with Crippen LogP contribution in [0.15, 0.2) is 9.81 Å². The molecule has 0 atom stereocenters. The van der Waals surface area contributed by atoms with Crippen LogP contribution in [0.4, 0.5) is 0 Å². The Hall–Kier alpha value is -0.0600. The molecule has 8 heteroatoms. The lowest BCUT2D eigenvalue weighted by atomic mass is 10.4. The zero-order chi connectivity index (χ0) is 14.2. The molecule has 106 valence electrons. The van der Waals surface area contributed by atoms with Crippen molar-refractivity contribution in [3.8, 4) is 0 Å². The lowest BCUT2D eigenvalue weighted by Crippen LogP contribution is -2.08. The van der Waals surface area contributed by atoms with Crippen LogP contribution >= 0.6 is 30.8 Å². The number of ether oxygens (including phenoxy) is 1. The quantitative estimate of drug-likeness (QED) is 0.502. The summed E-state index contributed by atoms with van der Waals surface area (Å²) in [5, 5.41) is -0.0759. The number of hydrogen-bond donors (Lipinski definition) is 0. The molecular weight excluding hydrogens is 302 g/mol. The van der Waals surface area contributed by atoms with Gasteiger partial charge in [0.25, 0.3) is 0 Å². The van der Waals surface area contributed by atoms with Crippen molar-refractivity contribution in [2.24, 2.45) is 0 Å². The van der Waals surface area contributed by atoms with Gasteiger partial charge in [-0.1, -0.05) is 23.2 Å². The van der Waals surface area contributed by atoms with E-state index >= 15 is 0 Å². The summed E-state index contributed by atoms with van der Waals surface area (Å²) in [5.41, 5.74) is 0. The Morgan fingerprint density at radius 3 is 1.89 bits per heavy atom. The van der Waals surface area contributed by atoms with Gasteiger partial charge in [-0.15, -0.1) is 0 Å². The molecule has 0 N–H and O–H groups in total. The van der Waals surface area contributed by atoms with Crippen LogP contribution in [0.1, 0.15) is 27.2 Å². The van der Waals surface area contributed by atoms with E-state index in [1.165, 1.54) is 0 Å². The van der Waals surface area contributed by atoms with Gasteiger partial charge in [0, 0.05) is 0 Å². The lowest BCUT2D eigenvalue weighted by Gasteiger charge is -2.19. The first kappa shape index (κ1) is 17.9. The summed E-state index contributed by atoms with van der Waals surface area (Å²) in [6.07, 6.45) is -0.326. The second-order valence-electron chi connectivity index (χ2n) is 3.02. The van der Waals surface area contributed by atoms with Gasteiger partial charge in [0.2, 0.25) is 0 Å². The highest BCUT2D eigenvalue weighted by Gasteiger charge is 2.34. The number of carbonyl (C=O) groups excluding carboxylic acids is 1. The Bertz CT molecular complexity index is 342. The minimum Gasteiger partial charge on any atom is -0.466 e. The van der Waals surface area contributed by atoms with Gasteiger partial charge in [-0.05, 0) is 20.8 Å². The molecule has 0 bridgehead atoms. The molecule has 0 amide bonds. The fourth-order valence-electron chi connectivity index (χ4n) is 1.15. The molecule has 0 unspecified atom stereocenters. The third-order valence-electron chi connectivity index (χ3n) is 1.76. The van der Waals surface area contributed by atoms with Gasteiger partial charge in [-0.2, -0.15) is 0 Å². The topological polar surface area (TPSA) is 61.8 Å². The maximum atomic E-state index is 12.4. The Balaban J connectivity index is 5.14. The van der Waals surface area contributed by atoms with Crippen molar-refractivity contribution >= 4 is 36.8 Å². The molecule has 0 spiro atoms. The fourth-order valence-corrected chi connectivity index (χ4v) is 3.50. The van der Waals surface area contributed by atoms with E-state index in [1.807, 2.05) is 0 Å². The first-order chi connectivity index (χ1) is 8.41. The largest absolute Gasteiger partial charge is 0.466 e. The molecule has 0 fully saturated rings. The van der Waals surface area contributed by atoms with Crippen LogP contribution in [0.3, 0.4) is 0 Å². The SMILES string of the molecule is CCOC(=O)CC(=C(Cl)Cl)P(=O)(OCC)OCC. The average molecular weight is 319 g/mol. The minimum atomic E-state index is -3.65. The molecule has 0 aromatic carbocycles. The predicted octanol–water partition coefficient (Wildman–Crippen LogP) is 3.85. The normalized spacial score (nSPS) is 11.2. The van der Waals surface area contributed by atoms with Crippen molar-refractivity contribution < 1.29 is 23.1 Å². The maximum Gasteiger partial charge on any atom is 0.360 e. The first-order valence-electron chi connectivity index (χ1n) is 5.50. The zero-order valence-electron chi connectivity index (χ0n) is 10.6. The van der Waals surface area contributed by atoms with E-state index in [0.717, 1.165) is 0 Å². The number of esters is 1. The Morgan fingerprint density at radius 2 is 1.56 bits per heavy atom. The Morgan fingerprint density at radius 1 is 1.06 bits per heavy atom. The number of rotatable bonds is 8. The van der Waals surface area contributed by atoms with Crippen LogP contribution in [0.2, 0.25) is 0 Å². The van der Waals surface area contributed by atoms with Gasteiger partial charge in [0.05, 0.1) is 31.6 Å². The van der Waals surface area contributed by atoms with Crippen LogP contribution in [0.25, 0.3) is 0 Å². The molecule has 0 aromatic heterocycles. The predicted molar refractivity (Wildman–Crippen MR) is 70.8 cm³/mol. The van der Waals surface area contributed by atoms with Crippen molar-refractivity contribution in [2.75, 3.05) is 19.8 Å². The van der Waals surface area contributed by atoms with Gasteiger partial charge in [0.1, 0.15) is 4.49 Å². The van der Waals surface area contributed by atoms with Crippen LogP contribution in [-0.4, -0.2) is 25.8 Å². The Labute approximate surface area is 117 Å². The smallest absolute Gasteiger partial charge is 0.360 e. The van der Waals surface area contributed by atoms with E-state index in [0.29, 0.717) is 0 Å². The summed E-state index contributed by atoms with van der Waals surface area (Å²) >= 11 is 11.3. The second-order valence-corrected chi connectivity index (χ2v) is 6.02. The van der Waals surface area contributed by atoms with E-state index < -0.39 is 13.6 Å². The molecule has 0 aliphatic heterocycles. The molecule has 18 heavy (non-hydrogen) atoms. The first-order valence-corrected chi connectivity index (χ1v) is 7.80. The third-order valence-corrected chi connectivity index (χ3v) is 4.72. The maximum absolute atomic E-state index is 12.4. The van der Waals surface area contributed by atoms with Crippen molar-refractivity contribution in [2.45, 2.75) is 27.2 Å². The van der Waals surface area contributed by atoms with E-state index in [-0.39, 0.29) is 36.0 Å². The van der Waals surface area contributed by atoms with E-state index in [2.05, 4.69) is 0 Å². The highest BCUT2D eigenvalue weighted by molar-refractivity contribution is 7.58. The third kappa shape index (κ3) is 5.72. The van der Waals surface area contributed by atoms with Gasteiger partial charge < -0.3 is 13.8 Å². The summed E-state index contributed by atoms with van der Waals surface area (Å²) in [5.74, 6) is -0.592. The summed E-state index contributed by atoms with van der Waals surface area (Å²) in [6, 6.07) is 0. The summed E-state index contributed by atoms with van der Waals surface area (Å²) < 4.78 is 27.0. The molecular formula is C10H17Cl2O5P. The van der Waals surface area contributed by atoms with Gasteiger partial charge >= 0.3 is 13.6 Å². The molecule has 0 aliphatic carbocycles. The molecule has 0 aliphatic rings. The van der Waals surface area contributed by atoms with Crippen molar-refractivity contribution in [3.63, 3.8) is 0 Å². The monoisotopic (exact) mass is 318 g/mol. The van der Waals surface area contributed by atoms with Crippen molar-refractivity contribution in [1.29, 1.82) is 0 Å². The minimum absolute atomic E-state index is 0.0759. The zero-order valence-corrected chi connectivity index (χ0v) is 13.0. The average Bonchev–Trinajstić information content (AvgIpc) is 2.26. The molecule has 5 nitrogen and oxygen atoms in total. The van der Waals surface area contributed by atoms with Crippen LogP contribution < -0.4 is 0 Å². The summed E-state index contributed by atoms with van der Waals surface area (Å²) in [6.45, 7) is 5.45. The van der Waals surface area contributed by atoms with Crippen LogP contribution in [0.5, 0.6) is 0 Å². The van der Waals surface area contributed by atoms with Gasteiger partial charge in [-0.3, -0.25) is 9.36 Å². The molecule has 0 radical (unpaired) electrons. The second kappa shape index (κ2) is 8.94. The highest BCUT2D eigenvalue weighted by atomic mass is 35.5. The standard InChI is InChI=1S/C10H17Cl2O5P/c1-4-15-9(13)7-8(10(11)12)18(14,16-5-2)17-6-3/h4-7H2,1-3H3. The van der Waals surface area contributed by atoms with Crippen LogP contribution in [0, 0.1) is 0 Å². The highest BCUT2D eigenvalue weighted by Crippen LogP contribution is 2.59. The number of carbonyl (C=O) groups is 1. The molecule has 0 saturated carbocycles. The van der Waals surface area contributed by atoms with Gasteiger partial charge in [0.15, 0.2) is 0 Å². The van der Waals surface area contributed by atoms with Crippen molar-refractivity contribution in [1.82, 2.24) is 0 Å². The lowest BCUT2D eigenvalue weighted by molar-refractivity contribution is -0.142. The number of hydrogen-bond acceptors (Lipinski definition) is 5. The summed E-state index contributed by atoms with van der Waals surface area (Å²) in [4.78, 5) is 11.4. The molecule has 0 rings (SSSR count).